The van der Waals surface area contributed by atoms with Gasteiger partial charge in [0.25, 0.3) is 5.91 Å². The first-order valence-electron chi connectivity index (χ1n) is 8.23. The Bertz CT molecular complexity index is 450. The van der Waals surface area contributed by atoms with Crippen molar-refractivity contribution in [2.45, 2.75) is 70.9 Å². The van der Waals surface area contributed by atoms with Gasteiger partial charge in [0.05, 0.1) is 0 Å². The summed E-state index contributed by atoms with van der Waals surface area (Å²) < 4.78 is 5.92. The number of para-hydroxylation sites is 1. The predicted molar refractivity (Wildman–Crippen MR) is 85.5 cm³/mol. The Balaban J connectivity index is 1.93. The maximum atomic E-state index is 12.4. The van der Waals surface area contributed by atoms with Crippen molar-refractivity contribution in [2.24, 2.45) is 0 Å². The number of carbonyl (C=O) groups excluding carboxylic acids is 1. The van der Waals surface area contributed by atoms with Crippen LogP contribution in [0.2, 0.25) is 0 Å². The highest BCUT2D eigenvalue weighted by Gasteiger charge is 2.22. The van der Waals surface area contributed by atoms with Gasteiger partial charge in [-0.15, -0.1) is 0 Å². The quantitative estimate of drug-likeness (QED) is 0.832. The normalized spacial score (nSPS) is 17.8. The molecule has 0 spiro atoms. The zero-order valence-corrected chi connectivity index (χ0v) is 13.2. The van der Waals surface area contributed by atoms with Gasteiger partial charge in [0.1, 0.15) is 5.75 Å². The summed E-state index contributed by atoms with van der Waals surface area (Å²) in [6, 6.07) is 8.18. The summed E-state index contributed by atoms with van der Waals surface area (Å²) in [7, 11) is 0. The van der Waals surface area contributed by atoms with Crippen molar-refractivity contribution in [1.82, 2.24) is 5.32 Å². The Morgan fingerprint density at radius 1 is 1.24 bits per heavy atom. The maximum absolute atomic E-state index is 12.4. The van der Waals surface area contributed by atoms with Gasteiger partial charge < -0.3 is 10.1 Å². The molecule has 1 saturated carbocycles. The van der Waals surface area contributed by atoms with Gasteiger partial charge in [0, 0.05) is 6.04 Å². The zero-order valence-electron chi connectivity index (χ0n) is 13.2. The van der Waals surface area contributed by atoms with Crippen LogP contribution in [0.3, 0.4) is 0 Å². The largest absolute Gasteiger partial charge is 0.480 e. The van der Waals surface area contributed by atoms with Crippen LogP contribution in [-0.4, -0.2) is 18.1 Å². The van der Waals surface area contributed by atoms with Crippen LogP contribution in [0.1, 0.15) is 57.4 Å². The van der Waals surface area contributed by atoms with Gasteiger partial charge in [-0.25, -0.2) is 0 Å². The Morgan fingerprint density at radius 3 is 2.52 bits per heavy atom. The summed E-state index contributed by atoms with van der Waals surface area (Å²) in [6.45, 7) is 4.00. The van der Waals surface area contributed by atoms with E-state index in [0.717, 1.165) is 24.2 Å². The first-order chi connectivity index (χ1) is 10.2. The summed E-state index contributed by atoms with van der Waals surface area (Å²) in [4.78, 5) is 12.4. The topological polar surface area (TPSA) is 38.3 Å². The van der Waals surface area contributed by atoms with Gasteiger partial charge in [0.15, 0.2) is 6.10 Å². The molecule has 1 atom stereocenters. The van der Waals surface area contributed by atoms with Crippen molar-refractivity contribution in [1.29, 1.82) is 0 Å². The molecule has 3 heteroatoms. The molecular formula is C18H27NO2. The summed E-state index contributed by atoms with van der Waals surface area (Å²) >= 11 is 0. The molecule has 0 aromatic heterocycles. The average Bonchev–Trinajstić information content (AvgIpc) is 2.75. The van der Waals surface area contributed by atoms with Crippen molar-refractivity contribution in [2.75, 3.05) is 0 Å². The van der Waals surface area contributed by atoms with E-state index in [4.69, 9.17) is 4.74 Å². The fraction of sp³-hybridized carbons (Fsp3) is 0.611. The lowest BCUT2D eigenvalue weighted by Crippen LogP contribution is -2.43. The minimum atomic E-state index is -0.394. The van der Waals surface area contributed by atoms with Crippen LogP contribution in [-0.2, 0) is 4.79 Å². The molecule has 1 aliphatic rings. The van der Waals surface area contributed by atoms with Crippen molar-refractivity contribution in [3.05, 3.63) is 29.8 Å². The van der Waals surface area contributed by atoms with E-state index in [0.29, 0.717) is 12.5 Å². The molecule has 1 amide bonds. The SMILES string of the molecule is CCC(Oc1ccccc1C)C(=O)NC1CCCCCC1. The van der Waals surface area contributed by atoms with Crippen LogP contribution >= 0.6 is 0 Å². The molecule has 1 aromatic carbocycles. The van der Waals surface area contributed by atoms with E-state index in [1.807, 2.05) is 38.1 Å². The lowest BCUT2D eigenvalue weighted by atomic mass is 10.1. The molecule has 1 N–H and O–H groups in total. The van der Waals surface area contributed by atoms with Gasteiger partial charge in [0.2, 0.25) is 0 Å². The van der Waals surface area contributed by atoms with E-state index in [9.17, 15) is 4.79 Å². The number of amides is 1. The maximum Gasteiger partial charge on any atom is 0.261 e. The average molecular weight is 289 g/mol. The van der Waals surface area contributed by atoms with Crippen molar-refractivity contribution in [3.8, 4) is 5.75 Å². The number of benzene rings is 1. The highest BCUT2D eigenvalue weighted by molar-refractivity contribution is 5.81. The molecule has 0 bridgehead atoms. The molecule has 0 aliphatic heterocycles. The number of aryl methyl sites for hydroxylation is 1. The van der Waals surface area contributed by atoms with Crippen LogP contribution in [0.15, 0.2) is 24.3 Å². The van der Waals surface area contributed by atoms with Gasteiger partial charge in [-0.05, 0) is 37.8 Å². The number of rotatable bonds is 5. The van der Waals surface area contributed by atoms with E-state index < -0.39 is 6.10 Å². The monoisotopic (exact) mass is 289 g/mol. The third-order valence-corrected chi connectivity index (χ3v) is 4.23. The van der Waals surface area contributed by atoms with Crippen LogP contribution in [0, 0.1) is 6.92 Å². The molecule has 116 valence electrons. The summed E-state index contributed by atoms with van der Waals surface area (Å²) in [6.07, 6.45) is 7.54. The van der Waals surface area contributed by atoms with Crippen molar-refractivity contribution < 1.29 is 9.53 Å². The summed E-state index contributed by atoms with van der Waals surface area (Å²) in [5, 5.41) is 3.19. The van der Waals surface area contributed by atoms with E-state index >= 15 is 0 Å². The third kappa shape index (κ3) is 4.76. The van der Waals surface area contributed by atoms with Crippen molar-refractivity contribution in [3.63, 3.8) is 0 Å². The van der Waals surface area contributed by atoms with Gasteiger partial charge in [-0.1, -0.05) is 50.8 Å². The van der Waals surface area contributed by atoms with Crippen LogP contribution in [0.5, 0.6) is 5.75 Å². The standard InChI is InChI=1S/C18H27NO2/c1-3-16(21-17-13-9-8-10-14(17)2)18(20)19-15-11-6-4-5-7-12-15/h8-10,13,15-16H,3-7,11-12H2,1-2H3,(H,19,20). The number of hydrogen-bond donors (Lipinski definition) is 1. The molecule has 21 heavy (non-hydrogen) atoms. The van der Waals surface area contributed by atoms with E-state index in [1.165, 1.54) is 25.7 Å². The Morgan fingerprint density at radius 2 is 1.90 bits per heavy atom. The number of hydrogen-bond acceptors (Lipinski definition) is 2. The Kier molecular flexibility index (Phi) is 6.09. The van der Waals surface area contributed by atoms with E-state index in [1.54, 1.807) is 0 Å². The Hall–Kier alpha value is -1.51. The molecule has 3 nitrogen and oxygen atoms in total. The predicted octanol–water partition coefficient (Wildman–Crippen LogP) is 3.99. The molecule has 0 radical (unpaired) electrons. The van der Waals surface area contributed by atoms with Crippen LogP contribution in [0.4, 0.5) is 0 Å². The lowest BCUT2D eigenvalue weighted by molar-refractivity contribution is -0.128. The lowest BCUT2D eigenvalue weighted by Gasteiger charge is -2.22. The fourth-order valence-corrected chi connectivity index (χ4v) is 2.88. The summed E-state index contributed by atoms with van der Waals surface area (Å²) in [5.41, 5.74) is 1.07. The number of nitrogens with one attached hydrogen (secondary N) is 1. The molecular weight excluding hydrogens is 262 g/mol. The molecule has 0 saturated heterocycles. The highest BCUT2D eigenvalue weighted by atomic mass is 16.5. The fourth-order valence-electron chi connectivity index (χ4n) is 2.88. The molecule has 2 rings (SSSR count). The molecule has 0 heterocycles. The summed E-state index contributed by atoms with van der Waals surface area (Å²) in [5.74, 6) is 0.841. The second-order valence-corrected chi connectivity index (χ2v) is 5.98. The second-order valence-electron chi connectivity index (χ2n) is 5.98. The Labute approximate surface area is 128 Å². The smallest absolute Gasteiger partial charge is 0.261 e. The minimum Gasteiger partial charge on any atom is -0.480 e. The highest BCUT2D eigenvalue weighted by Crippen LogP contribution is 2.20. The number of ether oxygens (including phenoxy) is 1. The van der Waals surface area contributed by atoms with E-state index in [-0.39, 0.29) is 5.91 Å². The van der Waals surface area contributed by atoms with Gasteiger partial charge in [-0.2, -0.15) is 0 Å². The first-order valence-corrected chi connectivity index (χ1v) is 8.23. The van der Waals surface area contributed by atoms with Crippen LogP contribution in [0.25, 0.3) is 0 Å². The minimum absolute atomic E-state index is 0.0349. The number of carbonyl (C=O) groups is 1. The second kappa shape index (κ2) is 8.06. The molecule has 1 aliphatic carbocycles. The third-order valence-electron chi connectivity index (χ3n) is 4.23. The first kappa shape index (κ1) is 15.9. The molecule has 1 aromatic rings. The van der Waals surface area contributed by atoms with Gasteiger partial charge >= 0.3 is 0 Å². The van der Waals surface area contributed by atoms with Gasteiger partial charge in [-0.3, -0.25) is 4.79 Å². The van der Waals surface area contributed by atoms with Crippen LogP contribution < -0.4 is 10.1 Å². The van der Waals surface area contributed by atoms with E-state index in [2.05, 4.69) is 5.32 Å². The molecule has 1 unspecified atom stereocenters. The molecule has 1 fully saturated rings. The zero-order chi connectivity index (χ0) is 15.1. The van der Waals surface area contributed by atoms with Crippen molar-refractivity contribution >= 4 is 5.91 Å².